The molecule has 0 unspecified atom stereocenters. The van der Waals surface area contributed by atoms with Gasteiger partial charge in [-0.05, 0) is 18.2 Å². The van der Waals surface area contributed by atoms with Gasteiger partial charge in [-0.25, -0.2) is 13.8 Å². The Kier molecular flexibility index (Phi) is 6.44. The number of benzene rings is 1. The van der Waals surface area contributed by atoms with Crippen LogP contribution in [-0.2, 0) is 9.53 Å². The van der Waals surface area contributed by atoms with Crippen molar-refractivity contribution >= 4 is 35.1 Å². The molecule has 2 amide bonds. The van der Waals surface area contributed by atoms with E-state index in [0.717, 1.165) is 23.9 Å². The van der Waals surface area contributed by atoms with E-state index in [4.69, 9.17) is 10.5 Å². The first-order valence-corrected chi connectivity index (χ1v) is 9.48. The van der Waals surface area contributed by atoms with E-state index in [1.807, 2.05) is 0 Å². The molecule has 12 heteroatoms. The monoisotopic (exact) mass is 425 g/mol. The number of hydrogen-bond acceptors (Lipinski definition) is 7. The summed E-state index contributed by atoms with van der Waals surface area (Å²) in [7, 11) is 0. The zero-order valence-electron chi connectivity index (χ0n) is 15.0. The Morgan fingerprint density at radius 1 is 1.28 bits per heavy atom. The van der Waals surface area contributed by atoms with Crippen molar-refractivity contribution in [3.05, 3.63) is 45.8 Å². The molecular weight excluding hydrogens is 408 g/mol. The molecular formula is C17H17F2N5O4S. The zero-order chi connectivity index (χ0) is 21.0. The van der Waals surface area contributed by atoms with Crippen molar-refractivity contribution in [2.45, 2.75) is 5.16 Å². The van der Waals surface area contributed by atoms with Crippen molar-refractivity contribution in [1.82, 2.24) is 14.9 Å². The molecule has 1 fully saturated rings. The highest BCUT2D eigenvalue weighted by atomic mass is 32.2. The summed E-state index contributed by atoms with van der Waals surface area (Å²) in [5.41, 5.74) is 4.48. The number of thioether (sulfide) groups is 1. The van der Waals surface area contributed by atoms with Gasteiger partial charge in [0.25, 0.3) is 11.5 Å². The quantitative estimate of drug-likeness (QED) is 0.478. The van der Waals surface area contributed by atoms with E-state index >= 15 is 0 Å². The summed E-state index contributed by atoms with van der Waals surface area (Å²) in [5.74, 6) is -3.52. The van der Waals surface area contributed by atoms with Crippen molar-refractivity contribution < 1.29 is 23.1 Å². The Morgan fingerprint density at radius 2 is 2.00 bits per heavy atom. The molecule has 2 aromatic rings. The van der Waals surface area contributed by atoms with Crippen molar-refractivity contribution in [1.29, 1.82) is 0 Å². The van der Waals surface area contributed by atoms with E-state index in [2.05, 4.69) is 15.3 Å². The van der Waals surface area contributed by atoms with E-state index in [1.165, 1.54) is 0 Å². The topological polar surface area (TPSA) is 130 Å². The van der Waals surface area contributed by atoms with Crippen LogP contribution in [0.4, 0.5) is 20.3 Å². The number of halogens is 2. The lowest BCUT2D eigenvalue weighted by Gasteiger charge is -2.26. The molecule has 1 aliphatic rings. The molecule has 9 nitrogen and oxygen atoms in total. The number of morpholine rings is 1. The largest absolute Gasteiger partial charge is 0.382 e. The van der Waals surface area contributed by atoms with Crippen LogP contribution < -0.4 is 16.6 Å². The predicted octanol–water partition coefficient (Wildman–Crippen LogP) is 0.833. The number of nitrogens with two attached hydrogens (primary N) is 1. The Labute approximate surface area is 167 Å². The van der Waals surface area contributed by atoms with Crippen LogP contribution in [0.25, 0.3) is 0 Å². The number of amides is 2. The predicted molar refractivity (Wildman–Crippen MR) is 102 cm³/mol. The maximum absolute atomic E-state index is 13.3. The SMILES string of the molecule is Nc1nc(SCC(=O)N2CCOCC2)[nH]c(=O)c1NC(=O)c1ccc(F)c(F)c1. The zero-order valence-corrected chi connectivity index (χ0v) is 15.9. The van der Waals surface area contributed by atoms with E-state index < -0.39 is 23.1 Å². The van der Waals surface area contributed by atoms with Crippen molar-refractivity contribution in [2.75, 3.05) is 43.1 Å². The van der Waals surface area contributed by atoms with Gasteiger partial charge < -0.3 is 20.7 Å². The minimum absolute atomic E-state index is 0.0446. The van der Waals surface area contributed by atoms with Crippen LogP contribution in [0.5, 0.6) is 0 Å². The number of nitrogens with zero attached hydrogens (tertiary/aromatic N) is 2. The average molecular weight is 425 g/mol. The van der Waals surface area contributed by atoms with Gasteiger partial charge in [0.15, 0.2) is 22.6 Å². The first-order valence-electron chi connectivity index (χ1n) is 8.49. The van der Waals surface area contributed by atoms with E-state index in [9.17, 15) is 23.2 Å². The number of nitrogens with one attached hydrogen (secondary N) is 2. The fourth-order valence-electron chi connectivity index (χ4n) is 2.52. The molecule has 0 spiro atoms. The first-order chi connectivity index (χ1) is 13.8. The molecule has 1 aromatic carbocycles. The van der Waals surface area contributed by atoms with Crippen LogP contribution in [0.15, 0.2) is 28.2 Å². The third-order valence-corrected chi connectivity index (χ3v) is 4.90. The van der Waals surface area contributed by atoms with Gasteiger partial charge >= 0.3 is 0 Å². The minimum Gasteiger partial charge on any atom is -0.382 e. The summed E-state index contributed by atoms with van der Waals surface area (Å²) in [6.45, 7) is 1.95. The van der Waals surface area contributed by atoms with E-state index in [-0.39, 0.29) is 33.9 Å². The Balaban J connectivity index is 1.67. The normalized spacial score (nSPS) is 13.9. The molecule has 1 aromatic heterocycles. The number of aromatic nitrogens is 2. The lowest BCUT2D eigenvalue weighted by molar-refractivity contribution is -0.132. The second kappa shape index (κ2) is 9.01. The Bertz CT molecular complexity index is 994. The number of aromatic amines is 1. The number of nitrogen functional groups attached to an aromatic ring is 1. The number of rotatable bonds is 5. The molecule has 29 heavy (non-hydrogen) atoms. The standard InChI is InChI=1S/C17H17F2N5O4S/c18-10-2-1-9(7-11(10)19)15(26)21-13-14(20)22-17(23-16(13)27)29-8-12(25)24-3-5-28-6-4-24/h1-2,7H,3-6,8H2,(H,21,26)(H3,20,22,23,27). The van der Waals surface area contributed by atoms with Gasteiger partial charge in [-0.3, -0.25) is 19.4 Å². The third kappa shape index (κ3) is 5.09. The van der Waals surface area contributed by atoms with Crippen molar-refractivity contribution in [3.8, 4) is 0 Å². The number of hydrogen-bond donors (Lipinski definition) is 3. The summed E-state index contributed by atoms with van der Waals surface area (Å²) in [5, 5.41) is 2.34. The number of anilines is 2. The Morgan fingerprint density at radius 3 is 2.66 bits per heavy atom. The summed E-state index contributed by atoms with van der Waals surface area (Å²) >= 11 is 0.995. The van der Waals surface area contributed by atoms with Crippen molar-refractivity contribution in [3.63, 3.8) is 0 Å². The number of carbonyl (C=O) groups is 2. The first kappa shape index (κ1) is 20.7. The second-order valence-corrected chi connectivity index (χ2v) is 6.96. The molecule has 4 N–H and O–H groups in total. The molecule has 1 aliphatic heterocycles. The van der Waals surface area contributed by atoms with Crippen LogP contribution >= 0.6 is 11.8 Å². The highest BCUT2D eigenvalue weighted by Gasteiger charge is 2.19. The highest BCUT2D eigenvalue weighted by Crippen LogP contribution is 2.18. The number of carbonyl (C=O) groups excluding carboxylic acids is 2. The van der Waals surface area contributed by atoms with Crippen LogP contribution in [0.3, 0.4) is 0 Å². The van der Waals surface area contributed by atoms with Gasteiger partial charge in [-0.15, -0.1) is 0 Å². The molecule has 0 aliphatic carbocycles. The molecule has 0 bridgehead atoms. The van der Waals surface area contributed by atoms with E-state index in [1.54, 1.807) is 4.90 Å². The lowest BCUT2D eigenvalue weighted by atomic mass is 10.2. The minimum atomic E-state index is -1.20. The molecule has 0 radical (unpaired) electrons. The highest BCUT2D eigenvalue weighted by molar-refractivity contribution is 7.99. The molecule has 0 saturated carbocycles. The van der Waals surface area contributed by atoms with Crippen molar-refractivity contribution in [2.24, 2.45) is 0 Å². The maximum atomic E-state index is 13.3. The fraction of sp³-hybridized carbons (Fsp3) is 0.294. The fourth-order valence-corrected chi connectivity index (χ4v) is 3.29. The average Bonchev–Trinajstić information content (AvgIpc) is 2.71. The van der Waals surface area contributed by atoms with Crippen LogP contribution in [0.2, 0.25) is 0 Å². The van der Waals surface area contributed by atoms with Gasteiger partial charge in [0, 0.05) is 18.7 Å². The van der Waals surface area contributed by atoms with E-state index in [0.29, 0.717) is 32.4 Å². The van der Waals surface area contributed by atoms with Gasteiger partial charge in [0.1, 0.15) is 5.69 Å². The molecule has 154 valence electrons. The molecule has 0 atom stereocenters. The molecule has 1 saturated heterocycles. The van der Waals surface area contributed by atoms with Gasteiger partial charge in [0.2, 0.25) is 5.91 Å². The van der Waals surface area contributed by atoms with Gasteiger partial charge in [-0.1, -0.05) is 11.8 Å². The molecule has 2 heterocycles. The summed E-state index contributed by atoms with van der Waals surface area (Å²) in [4.78, 5) is 44.6. The Hall–Kier alpha value is -2.99. The summed E-state index contributed by atoms with van der Waals surface area (Å²) in [6, 6.07) is 2.55. The molecule has 3 rings (SSSR count). The number of ether oxygens (including phenoxy) is 1. The van der Waals surface area contributed by atoms with Gasteiger partial charge in [0.05, 0.1) is 19.0 Å². The van der Waals surface area contributed by atoms with Crippen LogP contribution in [-0.4, -0.2) is 58.7 Å². The van der Waals surface area contributed by atoms with Gasteiger partial charge in [-0.2, -0.15) is 0 Å². The van der Waals surface area contributed by atoms with Crippen LogP contribution in [0, 0.1) is 11.6 Å². The second-order valence-electron chi connectivity index (χ2n) is 6.00. The number of H-pyrrole nitrogens is 1. The summed E-state index contributed by atoms with van der Waals surface area (Å²) < 4.78 is 31.4. The third-order valence-electron chi connectivity index (χ3n) is 4.04. The lowest BCUT2D eigenvalue weighted by Crippen LogP contribution is -2.41. The summed E-state index contributed by atoms with van der Waals surface area (Å²) in [6.07, 6.45) is 0. The van der Waals surface area contributed by atoms with Crippen LogP contribution in [0.1, 0.15) is 10.4 Å². The smallest absolute Gasteiger partial charge is 0.277 e. The maximum Gasteiger partial charge on any atom is 0.277 e.